The fraction of sp³-hybridized carbons (Fsp3) is 0.619. The van der Waals surface area contributed by atoms with Crippen molar-refractivity contribution in [3.05, 3.63) is 29.8 Å². The van der Waals surface area contributed by atoms with E-state index in [0.29, 0.717) is 17.6 Å². The Balaban J connectivity index is 1.46. The molecule has 0 amide bonds. The van der Waals surface area contributed by atoms with Gasteiger partial charge in [0.1, 0.15) is 4.90 Å². The van der Waals surface area contributed by atoms with Crippen LogP contribution in [-0.2, 0) is 16.4 Å². The number of anilines is 2. The lowest BCUT2D eigenvalue weighted by molar-refractivity contribution is 0.202. The normalized spacial score (nSPS) is 18.5. The number of sulfone groups is 1. The summed E-state index contributed by atoms with van der Waals surface area (Å²) >= 11 is 0. The van der Waals surface area contributed by atoms with Gasteiger partial charge < -0.3 is 9.80 Å². The third kappa shape index (κ3) is 5.12. The monoisotopic (exact) mass is 445 g/mol. The highest BCUT2D eigenvalue weighted by atomic mass is 32.2. The average Bonchev–Trinajstić information content (AvgIpc) is 3.29. The number of nitrogens with zero attached hydrogens (tertiary/aromatic N) is 7. The zero-order valence-corrected chi connectivity index (χ0v) is 19.3. The average molecular weight is 446 g/mol. The van der Waals surface area contributed by atoms with Crippen LogP contribution < -0.4 is 9.80 Å². The maximum absolute atomic E-state index is 12.4. The molecule has 2 saturated heterocycles. The third-order valence-corrected chi connectivity index (χ3v) is 7.14. The van der Waals surface area contributed by atoms with E-state index in [1.807, 2.05) is 31.4 Å². The van der Waals surface area contributed by atoms with Gasteiger partial charge in [0.25, 0.3) is 0 Å². The van der Waals surface area contributed by atoms with Crippen molar-refractivity contribution in [3.8, 4) is 0 Å². The smallest absolute Gasteiger partial charge is 0.225 e. The molecular weight excluding hydrogens is 414 g/mol. The van der Waals surface area contributed by atoms with E-state index in [-0.39, 0.29) is 10.8 Å². The Bertz CT molecular complexity index is 997. The summed E-state index contributed by atoms with van der Waals surface area (Å²) in [5.74, 6) is 1.49. The van der Waals surface area contributed by atoms with E-state index in [2.05, 4.69) is 24.8 Å². The van der Waals surface area contributed by atoms with Crippen LogP contribution in [0.5, 0.6) is 0 Å². The molecule has 0 saturated carbocycles. The minimum Gasteiger partial charge on any atom is -0.347 e. The molecule has 2 aliphatic rings. The molecule has 10 heteroatoms. The summed E-state index contributed by atoms with van der Waals surface area (Å²) in [5.41, 5.74) is 1.77. The molecule has 168 valence electrons. The van der Waals surface area contributed by atoms with E-state index in [1.165, 1.54) is 12.5 Å². The third-order valence-electron chi connectivity index (χ3n) is 6.03. The lowest BCUT2D eigenvalue weighted by Gasteiger charge is -2.32. The van der Waals surface area contributed by atoms with Crippen molar-refractivity contribution in [2.45, 2.75) is 43.0 Å². The van der Waals surface area contributed by atoms with Crippen LogP contribution in [0, 0.1) is 0 Å². The minimum absolute atomic E-state index is 0.123. The van der Waals surface area contributed by atoms with E-state index in [1.54, 1.807) is 0 Å². The number of hydrogen-bond donors (Lipinski definition) is 0. The quantitative estimate of drug-likeness (QED) is 0.658. The maximum Gasteiger partial charge on any atom is 0.225 e. The summed E-state index contributed by atoms with van der Waals surface area (Å²) in [4.78, 5) is 24.6. The van der Waals surface area contributed by atoms with Crippen LogP contribution in [-0.4, -0.2) is 79.8 Å². The van der Waals surface area contributed by atoms with Crippen LogP contribution >= 0.6 is 0 Å². The molecule has 0 aliphatic carbocycles. The fourth-order valence-electron chi connectivity index (χ4n) is 4.31. The van der Waals surface area contributed by atoms with Gasteiger partial charge in [0, 0.05) is 63.9 Å². The van der Waals surface area contributed by atoms with Crippen molar-refractivity contribution in [3.63, 3.8) is 0 Å². The van der Waals surface area contributed by atoms with Crippen molar-refractivity contribution < 1.29 is 8.42 Å². The highest BCUT2D eigenvalue weighted by molar-refractivity contribution is 7.90. The first-order valence-corrected chi connectivity index (χ1v) is 12.7. The highest BCUT2D eigenvalue weighted by Crippen LogP contribution is 2.32. The Kier molecular flexibility index (Phi) is 6.38. The Morgan fingerprint density at radius 1 is 1.00 bits per heavy atom. The Labute approximate surface area is 184 Å². The molecule has 0 bridgehead atoms. The second-order valence-corrected chi connectivity index (χ2v) is 10.7. The molecule has 0 aromatic carbocycles. The number of piperidine rings is 1. The SMILES string of the molecule is CN(C)c1ncc(CN2CCC(c3nc(N4CCCC4)ncc3S(C)(=O)=O)CC2)cn1. The molecule has 2 aromatic rings. The van der Waals surface area contributed by atoms with Gasteiger partial charge in [0.05, 0.1) is 11.9 Å². The predicted octanol–water partition coefficient (Wildman–Crippen LogP) is 1.72. The lowest BCUT2D eigenvalue weighted by atomic mass is 9.93. The van der Waals surface area contributed by atoms with E-state index in [0.717, 1.165) is 64.0 Å². The second-order valence-electron chi connectivity index (χ2n) is 8.72. The van der Waals surface area contributed by atoms with Crippen molar-refractivity contribution >= 4 is 21.7 Å². The molecule has 0 atom stereocenters. The van der Waals surface area contributed by atoms with Gasteiger partial charge in [-0.25, -0.2) is 28.4 Å². The maximum atomic E-state index is 12.4. The molecule has 0 unspecified atom stereocenters. The van der Waals surface area contributed by atoms with Gasteiger partial charge in [-0.3, -0.25) is 4.90 Å². The number of hydrogen-bond acceptors (Lipinski definition) is 9. The first kappa shape index (κ1) is 21.9. The molecule has 2 aliphatic heterocycles. The number of rotatable bonds is 6. The Hall–Kier alpha value is -2.33. The highest BCUT2D eigenvalue weighted by Gasteiger charge is 2.29. The summed E-state index contributed by atoms with van der Waals surface area (Å²) in [6, 6.07) is 0. The van der Waals surface area contributed by atoms with E-state index >= 15 is 0 Å². The van der Waals surface area contributed by atoms with Crippen molar-refractivity contribution in [1.82, 2.24) is 24.8 Å². The van der Waals surface area contributed by atoms with Gasteiger partial charge in [-0.15, -0.1) is 0 Å². The van der Waals surface area contributed by atoms with Crippen molar-refractivity contribution in [2.75, 3.05) is 56.3 Å². The lowest BCUT2D eigenvalue weighted by Crippen LogP contribution is -2.33. The van der Waals surface area contributed by atoms with Crippen LogP contribution in [0.15, 0.2) is 23.5 Å². The molecular formula is C21H31N7O2S. The standard InChI is InChI=1S/C21H31N7O2S/c1-26(2)20-22-12-16(13-23-20)15-27-10-6-17(7-11-27)19-18(31(3,29)30)14-24-21(25-19)28-8-4-5-9-28/h12-14,17H,4-11,15H2,1-3H3. The summed E-state index contributed by atoms with van der Waals surface area (Å²) in [6.07, 6.45) is 10.5. The van der Waals surface area contributed by atoms with Gasteiger partial charge >= 0.3 is 0 Å². The van der Waals surface area contributed by atoms with Crippen LogP contribution in [0.1, 0.15) is 42.9 Å². The van der Waals surface area contributed by atoms with E-state index in [4.69, 9.17) is 4.98 Å². The van der Waals surface area contributed by atoms with Crippen LogP contribution in [0.4, 0.5) is 11.9 Å². The molecule has 4 heterocycles. The van der Waals surface area contributed by atoms with Gasteiger partial charge in [0.15, 0.2) is 9.84 Å². The summed E-state index contributed by atoms with van der Waals surface area (Å²) in [7, 11) is 0.473. The molecule has 9 nitrogen and oxygen atoms in total. The Morgan fingerprint density at radius 3 is 2.23 bits per heavy atom. The molecule has 4 rings (SSSR count). The van der Waals surface area contributed by atoms with E-state index in [9.17, 15) is 8.42 Å². The first-order chi connectivity index (χ1) is 14.8. The second kappa shape index (κ2) is 9.04. The molecule has 2 fully saturated rings. The fourth-order valence-corrected chi connectivity index (χ4v) is 5.14. The zero-order chi connectivity index (χ0) is 22.0. The molecule has 0 N–H and O–H groups in total. The van der Waals surface area contributed by atoms with Crippen LogP contribution in [0.25, 0.3) is 0 Å². The molecule has 31 heavy (non-hydrogen) atoms. The summed E-state index contributed by atoms with van der Waals surface area (Å²) in [6.45, 7) is 4.43. The van der Waals surface area contributed by atoms with Gasteiger partial charge in [-0.2, -0.15) is 0 Å². The number of aromatic nitrogens is 4. The Morgan fingerprint density at radius 2 is 1.65 bits per heavy atom. The first-order valence-electron chi connectivity index (χ1n) is 10.8. The van der Waals surface area contributed by atoms with E-state index < -0.39 is 9.84 Å². The molecule has 2 aromatic heterocycles. The summed E-state index contributed by atoms with van der Waals surface area (Å²) < 4.78 is 24.8. The zero-order valence-electron chi connectivity index (χ0n) is 18.5. The van der Waals surface area contributed by atoms with Gasteiger partial charge in [0.2, 0.25) is 11.9 Å². The summed E-state index contributed by atoms with van der Waals surface area (Å²) in [5, 5.41) is 0. The minimum atomic E-state index is -3.37. The van der Waals surface area contributed by atoms with Crippen LogP contribution in [0.3, 0.4) is 0 Å². The predicted molar refractivity (Wildman–Crippen MR) is 120 cm³/mol. The topological polar surface area (TPSA) is 95.4 Å². The van der Waals surface area contributed by atoms with Crippen LogP contribution in [0.2, 0.25) is 0 Å². The van der Waals surface area contributed by atoms with Gasteiger partial charge in [-0.1, -0.05) is 0 Å². The molecule has 0 radical (unpaired) electrons. The van der Waals surface area contributed by atoms with Crippen molar-refractivity contribution in [1.29, 1.82) is 0 Å². The number of likely N-dealkylation sites (tertiary alicyclic amines) is 1. The molecule has 0 spiro atoms. The van der Waals surface area contributed by atoms with Gasteiger partial charge in [-0.05, 0) is 38.8 Å². The largest absolute Gasteiger partial charge is 0.347 e. The van der Waals surface area contributed by atoms with Crippen molar-refractivity contribution in [2.24, 2.45) is 0 Å².